The van der Waals surface area contributed by atoms with E-state index in [9.17, 15) is 4.79 Å². The number of thioether (sulfide) groups is 1. The number of aryl methyl sites for hydroxylation is 2. The van der Waals surface area contributed by atoms with Gasteiger partial charge in [-0.05, 0) is 42.5 Å². The van der Waals surface area contributed by atoms with E-state index in [-0.39, 0.29) is 5.91 Å². The molecule has 1 saturated carbocycles. The number of hydrogen-bond acceptors (Lipinski definition) is 4. The monoisotopic (exact) mass is 420 g/mol. The van der Waals surface area contributed by atoms with E-state index < -0.39 is 5.25 Å². The van der Waals surface area contributed by atoms with Crippen molar-refractivity contribution in [2.45, 2.75) is 56.4 Å². The number of carbonyl (C=O) groups is 1. The maximum absolute atomic E-state index is 13.3. The van der Waals surface area contributed by atoms with E-state index in [0.29, 0.717) is 11.1 Å². The number of anilines is 1. The van der Waals surface area contributed by atoms with Crippen molar-refractivity contribution in [3.05, 3.63) is 71.0 Å². The molecule has 0 aliphatic heterocycles. The summed E-state index contributed by atoms with van der Waals surface area (Å²) in [7, 11) is 0. The van der Waals surface area contributed by atoms with Gasteiger partial charge in [0.15, 0.2) is 0 Å². The molecule has 1 atom stereocenters. The highest BCUT2D eigenvalue weighted by Crippen LogP contribution is 2.35. The lowest BCUT2D eigenvalue weighted by atomic mass is 10.0. The zero-order chi connectivity index (χ0) is 20.9. The van der Waals surface area contributed by atoms with E-state index in [1.807, 2.05) is 62.4 Å². The van der Waals surface area contributed by atoms with Crippen LogP contribution in [-0.2, 0) is 11.2 Å². The third kappa shape index (κ3) is 5.11. The molecule has 4 rings (SSSR count). The van der Waals surface area contributed by atoms with Gasteiger partial charge in [0.2, 0.25) is 11.1 Å². The van der Waals surface area contributed by atoms with Crippen LogP contribution in [0.5, 0.6) is 0 Å². The Morgan fingerprint density at radius 1 is 1.17 bits per heavy atom. The van der Waals surface area contributed by atoms with E-state index in [1.165, 1.54) is 37.4 Å². The summed E-state index contributed by atoms with van der Waals surface area (Å²) < 4.78 is 0. The number of rotatable bonds is 7. The van der Waals surface area contributed by atoms with Crippen molar-refractivity contribution in [3.63, 3.8) is 0 Å². The molecule has 5 nitrogen and oxygen atoms in total. The lowest BCUT2D eigenvalue weighted by molar-refractivity contribution is -0.115. The van der Waals surface area contributed by atoms with E-state index in [4.69, 9.17) is 0 Å². The van der Waals surface area contributed by atoms with Crippen LogP contribution in [0.4, 0.5) is 5.69 Å². The third-order valence-electron chi connectivity index (χ3n) is 5.68. The van der Waals surface area contributed by atoms with Crippen LogP contribution < -0.4 is 5.32 Å². The number of H-pyrrole nitrogens is 1. The van der Waals surface area contributed by atoms with Gasteiger partial charge in [0, 0.05) is 12.1 Å². The number of amides is 1. The molecule has 2 aromatic carbocycles. The smallest absolute Gasteiger partial charge is 0.242 e. The van der Waals surface area contributed by atoms with Gasteiger partial charge in [-0.15, -0.1) is 5.10 Å². The molecule has 3 aromatic rings. The quantitative estimate of drug-likeness (QED) is 0.486. The number of nitrogens with zero attached hydrogens (tertiary/aromatic N) is 2. The first-order chi connectivity index (χ1) is 14.6. The van der Waals surface area contributed by atoms with Crippen LogP contribution in [-0.4, -0.2) is 21.1 Å². The van der Waals surface area contributed by atoms with Crippen LogP contribution >= 0.6 is 11.8 Å². The van der Waals surface area contributed by atoms with Gasteiger partial charge in [-0.25, -0.2) is 4.98 Å². The van der Waals surface area contributed by atoms with Gasteiger partial charge in [0.05, 0.1) is 0 Å². The zero-order valence-corrected chi connectivity index (χ0v) is 18.3. The molecule has 1 amide bonds. The van der Waals surface area contributed by atoms with Crippen LogP contribution in [0.1, 0.15) is 53.4 Å². The minimum absolute atomic E-state index is 0.0676. The van der Waals surface area contributed by atoms with Gasteiger partial charge in [-0.3, -0.25) is 9.89 Å². The lowest BCUT2D eigenvalue weighted by Crippen LogP contribution is -2.19. The predicted octanol–water partition coefficient (Wildman–Crippen LogP) is 5.63. The van der Waals surface area contributed by atoms with Crippen molar-refractivity contribution in [2.24, 2.45) is 5.92 Å². The van der Waals surface area contributed by atoms with Crippen molar-refractivity contribution in [2.75, 3.05) is 5.32 Å². The van der Waals surface area contributed by atoms with Crippen molar-refractivity contribution in [1.29, 1.82) is 0 Å². The standard InChI is InChI=1S/C24H28N4OS/c1-16-12-13-17(2)20(14-16)25-23(29)22(19-10-4-3-5-11-19)30-24-26-21(27-28-24)15-18-8-6-7-9-18/h3-5,10-14,18,22H,6-9,15H2,1-2H3,(H,25,29)(H,26,27,28). The fourth-order valence-corrected chi connectivity index (χ4v) is 4.92. The van der Waals surface area contributed by atoms with Crippen LogP contribution in [0.15, 0.2) is 53.7 Å². The Kier molecular flexibility index (Phi) is 6.53. The Labute approximate surface area is 182 Å². The minimum Gasteiger partial charge on any atom is -0.325 e. The molecule has 2 N–H and O–H groups in total. The fraction of sp³-hybridized carbons (Fsp3) is 0.375. The molecule has 1 unspecified atom stereocenters. The highest BCUT2D eigenvalue weighted by molar-refractivity contribution is 8.00. The second-order valence-corrected chi connectivity index (χ2v) is 9.21. The average Bonchev–Trinajstić information content (AvgIpc) is 3.42. The number of hydrogen-bond donors (Lipinski definition) is 2. The lowest BCUT2D eigenvalue weighted by Gasteiger charge is -2.17. The van der Waals surface area contributed by atoms with Crippen LogP contribution in [0.2, 0.25) is 0 Å². The van der Waals surface area contributed by atoms with Gasteiger partial charge in [-0.2, -0.15) is 0 Å². The van der Waals surface area contributed by atoms with E-state index in [2.05, 4.69) is 20.5 Å². The van der Waals surface area contributed by atoms with E-state index in [1.54, 1.807) is 0 Å². The molecule has 1 aromatic heterocycles. The van der Waals surface area contributed by atoms with Crippen molar-refractivity contribution < 1.29 is 4.79 Å². The van der Waals surface area contributed by atoms with E-state index >= 15 is 0 Å². The molecule has 1 aliphatic carbocycles. The normalized spacial score (nSPS) is 15.3. The van der Waals surface area contributed by atoms with Gasteiger partial charge in [-0.1, -0.05) is 79.9 Å². The zero-order valence-electron chi connectivity index (χ0n) is 17.5. The molecule has 6 heteroatoms. The first-order valence-electron chi connectivity index (χ1n) is 10.6. The molecule has 1 fully saturated rings. The summed E-state index contributed by atoms with van der Waals surface area (Å²) in [5.74, 6) is 1.56. The average molecular weight is 421 g/mol. The third-order valence-corrected chi connectivity index (χ3v) is 6.80. The number of nitrogens with one attached hydrogen (secondary N) is 2. The molecule has 30 heavy (non-hydrogen) atoms. The van der Waals surface area contributed by atoms with Crippen molar-refractivity contribution in [1.82, 2.24) is 15.2 Å². The number of aromatic amines is 1. The largest absolute Gasteiger partial charge is 0.325 e. The number of benzene rings is 2. The van der Waals surface area contributed by atoms with Crippen LogP contribution in [0.25, 0.3) is 0 Å². The summed E-state index contributed by atoms with van der Waals surface area (Å²) in [6, 6.07) is 15.9. The van der Waals surface area contributed by atoms with Crippen LogP contribution in [0.3, 0.4) is 0 Å². The number of carbonyl (C=O) groups excluding carboxylic acids is 1. The summed E-state index contributed by atoms with van der Waals surface area (Å²) in [6.45, 7) is 4.03. The summed E-state index contributed by atoms with van der Waals surface area (Å²) in [4.78, 5) is 17.9. The first kappa shape index (κ1) is 20.7. The Morgan fingerprint density at radius 3 is 2.70 bits per heavy atom. The summed E-state index contributed by atoms with van der Waals surface area (Å²) in [5.41, 5.74) is 3.94. The SMILES string of the molecule is Cc1ccc(C)c(NC(=O)C(Sc2n[nH]c(CC3CCCC3)n2)c2ccccc2)c1. The van der Waals surface area contributed by atoms with Gasteiger partial charge in [0.25, 0.3) is 0 Å². The summed E-state index contributed by atoms with van der Waals surface area (Å²) in [5, 5.41) is 10.8. The Balaban J connectivity index is 1.52. The highest BCUT2D eigenvalue weighted by Gasteiger charge is 2.25. The fourth-order valence-electron chi connectivity index (χ4n) is 3.98. The number of aromatic nitrogens is 3. The molecular formula is C24H28N4OS. The molecule has 1 heterocycles. The molecule has 0 saturated heterocycles. The maximum Gasteiger partial charge on any atom is 0.242 e. The molecule has 156 valence electrons. The minimum atomic E-state index is -0.429. The summed E-state index contributed by atoms with van der Waals surface area (Å²) in [6.07, 6.45) is 6.12. The maximum atomic E-state index is 13.3. The van der Waals surface area contributed by atoms with Crippen molar-refractivity contribution >= 4 is 23.4 Å². The molecule has 0 bridgehead atoms. The molecule has 1 aliphatic rings. The highest BCUT2D eigenvalue weighted by atomic mass is 32.2. The van der Waals surface area contributed by atoms with Gasteiger partial charge >= 0.3 is 0 Å². The topological polar surface area (TPSA) is 70.7 Å². The summed E-state index contributed by atoms with van der Waals surface area (Å²) >= 11 is 1.39. The van der Waals surface area contributed by atoms with Crippen molar-refractivity contribution in [3.8, 4) is 0 Å². The van der Waals surface area contributed by atoms with Gasteiger partial charge < -0.3 is 5.32 Å². The van der Waals surface area contributed by atoms with E-state index in [0.717, 1.165) is 34.6 Å². The predicted molar refractivity (Wildman–Crippen MR) is 122 cm³/mol. The Hall–Kier alpha value is -2.60. The molecular weight excluding hydrogens is 392 g/mol. The Morgan fingerprint density at radius 2 is 1.93 bits per heavy atom. The molecule has 0 spiro atoms. The first-order valence-corrected chi connectivity index (χ1v) is 11.5. The van der Waals surface area contributed by atoms with Crippen LogP contribution in [0, 0.1) is 19.8 Å². The second-order valence-electron chi connectivity index (χ2n) is 8.14. The molecule has 0 radical (unpaired) electrons. The van der Waals surface area contributed by atoms with Gasteiger partial charge in [0.1, 0.15) is 11.1 Å². The second kappa shape index (κ2) is 9.47. The Bertz CT molecular complexity index is 995.